The third-order valence-corrected chi connectivity index (χ3v) is 5.17. The van der Waals surface area contributed by atoms with Gasteiger partial charge in [-0.25, -0.2) is 4.39 Å². The fourth-order valence-electron chi connectivity index (χ4n) is 3.13. The Hall–Kier alpha value is -0.110. The molecule has 4 atom stereocenters. The van der Waals surface area contributed by atoms with E-state index in [-0.39, 0.29) is 0 Å². The summed E-state index contributed by atoms with van der Waals surface area (Å²) >= 11 is 3.80. The topological polar surface area (TPSA) is 0 Å². The minimum atomic E-state index is -0.602. The number of halogens is 2. The highest BCUT2D eigenvalue weighted by atomic mass is 79.9. The van der Waals surface area contributed by atoms with Crippen molar-refractivity contribution in [3.63, 3.8) is 0 Å². The molecule has 0 amide bonds. The van der Waals surface area contributed by atoms with Crippen molar-refractivity contribution in [2.75, 3.05) is 0 Å². The van der Waals surface area contributed by atoms with Crippen LogP contribution in [0, 0.1) is 11.8 Å². The minimum absolute atomic E-state index is 0.455. The molecule has 2 rings (SSSR count). The largest absolute Gasteiger partial charge is 0.247 e. The lowest BCUT2D eigenvalue weighted by molar-refractivity contribution is 0.297. The van der Waals surface area contributed by atoms with Crippen LogP contribution < -0.4 is 0 Å². The molecule has 0 spiro atoms. The van der Waals surface area contributed by atoms with Gasteiger partial charge in [-0.1, -0.05) is 53.1 Å². The third-order valence-electron chi connectivity index (χ3n) is 4.26. The molecule has 2 aliphatic carbocycles. The summed E-state index contributed by atoms with van der Waals surface area (Å²) < 4.78 is 13.1. The predicted molar refractivity (Wildman–Crippen MR) is 75.2 cm³/mol. The molecule has 0 aromatic carbocycles. The molecular formula is C15H22BrF. The van der Waals surface area contributed by atoms with Crippen LogP contribution in [0.4, 0.5) is 4.39 Å². The summed E-state index contributed by atoms with van der Waals surface area (Å²) in [6.45, 7) is 4.55. The van der Waals surface area contributed by atoms with E-state index in [1.165, 1.54) is 12.0 Å². The van der Waals surface area contributed by atoms with Crippen LogP contribution in [0.5, 0.6) is 0 Å². The second kappa shape index (κ2) is 5.69. The zero-order valence-corrected chi connectivity index (χ0v) is 12.3. The zero-order valence-electron chi connectivity index (χ0n) is 10.8. The minimum Gasteiger partial charge on any atom is -0.247 e. The summed E-state index contributed by atoms with van der Waals surface area (Å²) in [7, 11) is 0. The summed E-state index contributed by atoms with van der Waals surface area (Å²) in [5.41, 5.74) is 3.06. The van der Waals surface area contributed by atoms with Gasteiger partial charge in [0.1, 0.15) is 6.17 Å². The molecule has 0 bridgehead atoms. The molecule has 0 aromatic rings. The molecule has 0 saturated carbocycles. The van der Waals surface area contributed by atoms with Gasteiger partial charge < -0.3 is 0 Å². The zero-order chi connectivity index (χ0) is 12.4. The number of allylic oxidation sites excluding steroid dienone is 4. The summed E-state index contributed by atoms with van der Waals surface area (Å²) in [6.07, 6.45) is 8.63. The maximum absolute atomic E-state index is 13.1. The maximum atomic E-state index is 13.1. The van der Waals surface area contributed by atoms with Crippen LogP contribution in [0.1, 0.15) is 46.0 Å². The standard InChI is InChI=1S/C15H22BrF/c1-3-11-9-15(16)14(8-10(11)2)12-4-6-13(17)7-5-12/h4,9-10,13-15H,3,5-8H2,1-2H3/t10-,13?,14-,15?/m0/s1. The van der Waals surface area contributed by atoms with Gasteiger partial charge in [-0.05, 0) is 43.9 Å². The second-order valence-electron chi connectivity index (χ2n) is 5.43. The Balaban J connectivity index is 2.11. The summed E-state index contributed by atoms with van der Waals surface area (Å²) in [5, 5.41) is 0. The van der Waals surface area contributed by atoms with E-state index in [9.17, 15) is 4.39 Å². The van der Waals surface area contributed by atoms with E-state index in [0.717, 1.165) is 19.3 Å². The van der Waals surface area contributed by atoms with Crippen LogP contribution in [-0.4, -0.2) is 11.0 Å². The van der Waals surface area contributed by atoms with Crippen molar-refractivity contribution in [2.45, 2.75) is 57.0 Å². The fraction of sp³-hybridized carbons (Fsp3) is 0.733. The maximum Gasteiger partial charge on any atom is 0.104 e. The Bertz CT molecular complexity index is 332. The van der Waals surface area contributed by atoms with Gasteiger partial charge in [0.2, 0.25) is 0 Å². The fourth-order valence-corrected chi connectivity index (χ4v) is 4.02. The van der Waals surface area contributed by atoms with Crippen LogP contribution in [0.25, 0.3) is 0 Å². The van der Waals surface area contributed by atoms with Crippen LogP contribution in [0.3, 0.4) is 0 Å². The molecule has 0 radical (unpaired) electrons. The number of rotatable bonds is 2. The Kier molecular flexibility index (Phi) is 4.46. The first-order valence-corrected chi connectivity index (χ1v) is 7.71. The van der Waals surface area contributed by atoms with Crippen molar-refractivity contribution in [1.82, 2.24) is 0 Å². The van der Waals surface area contributed by atoms with Crippen molar-refractivity contribution < 1.29 is 4.39 Å². The molecule has 96 valence electrons. The second-order valence-corrected chi connectivity index (χ2v) is 6.49. The average molecular weight is 301 g/mol. The van der Waals surface area contributed by atoms with Crippen LogP contribution in [0.2, 0.25) is 0 Å². The quantitative estimate of drug-likeness (QED) is 0.486. The summed E-state index contributed by atoms with van der Waals surface area (Å²) in [4.78, 5) is 0.455. The SMILES string of the molecule is CCC1=CC(Br)[C@H](C2=CCC(F)CC2)C[C@@H]1C. The van der Waals surface area contributed by atoms with Crippen molar-refractivity contribution in [3.8, 4) is 0 Å². The van der Waals surface area contributed by atoms with E-state index in [2.05, 4.69) is 41.9 Å². The molecule has 0 heterocycles. The van der Waals surface area contributed by atoms with Gasteiger partial charge in [-0.15, -0.1) is 0 Å². The van der Waals surface area contributed by atoms with Crippen molar-refractivity contribution in [2.24, 2.45) is 11.8 Å². The first kappa shape index (κ1) is 13.3. The first-order valence-electron chi connectivity index (χ1n) is 6.79. The lowest BCUT2D eigenvalue weighted by Gasteiger charge is -2.34. The number of hydrogen-bond donors (Lipinski definition) is 0. The molecular weight excluding hydrogens is 279 g/mol. The van der Waals surface area contributed by atoms with Crippen molar-refractivity contribution in [1.29, 1.82) is 0 Å². The molecule has 2 unspecified atom stereocenters. The normalized spacial score (nSPS) is 38.6. The average Bonchev–Trinajstić information content (AvgIpc) is 2.33. The van der Waals surface area contributed by atoms with E-state index in [1.807, 2.05) is 0 Å². The van der Waals surface area contributed by atoms with Gasteiger partial charge in [0.15, 0.2) is 0 Å². The van der Waals surface area contributed by atoms with Gasteiger partial charge >= 0.3 is 0 Å². The van der Waals surface area contributed by atoms with E-state index in [1.54, 1.807) is 5.57 Å². The highest BCUT2D eigenvalue weighted by molar-refractivity contribution is 9.09. The molecule has 2 aliphatic rings. The van der Waals surface area contributed by atoms with Crippen LogP contribution in [-0.2, 0) is 0 Å². The van der Waals surface area contributed by atoms with Gasteiger partial charge in [-0.2, -0.15) is 0 Å². The van der Waals surface area contributed by atoms with E-state index in [4.69, 9.17) is 0 Å². The van der Waals surface area contributed by atoms with Crippen molar-refractivity contribution in [3.05, 3.63) is 23.3 Å². The van der Waals surface area contributed by atoms with E-state index < -0.39 is 6.17 Å². The Morgan fingerprint density at radius 1 is 1.47 bits per heavy atom. The first-order chi connectivity index (χ1) is 8.11. The molecule has 0 N–H and O–H groups in total. The highest BCUT2D eigenvalue weighted by Crippen LogP contribution is 2.41. The highest BCUT2D eigenvalue weighted by Gasteiger charge is 2.30. The number of alkyl halides is 2. The van der Waals surface area contributed by atoms with E-state index >= 15 is 0 Å². The number of hydrogen-bond acceptors (Lipinski definition) is 0. The molecule has 0 nitrogen and oxygen atoms in total. The molecule has 0 aliphatic heterocycles. The molecule has 2 heteroatoms. The van der Waals surface area contributed by atoms with Crippen LogP contribution in [0.15, 0.2) is 23.3 Å². The molecule has 0 aromatic heterocycles. The summed E-state index contributed by atoms with van der Waals surface area (Å²) in [6, 6.07) is 0. The van der Waals surface area contributed by atoms with Gasteiger partial charge in [0, 0.05) is 4.83 Å². The van der Waals surface area contributed by atoms with E-state index in [0.29, 0.717) is 23.1 Å². The Morgan fingerprint density at radius 3 is 2.82 bits per heavy atom. The van der Waals surface area contributed by atoms with Gasteiger partial charge in [-0.3, -0.25) is 0 Å². The molecule has 17 heavy (non-hydrogen) atoms. The van der Waals surface area contributed by atoms with Crippen LogP contribution >= 0.6 is 15.9 Å². The molecule has 0 fully saturated rings. The lowest BCUT2D eigenvalue weighted by atomic mass is 9.75. The molecule has 0 saturated heterocycles. The van der Waals surface area contributed by atoms with Gasteiger partial charge in [0.05, 0.1) is 0 Å². The van der Waals surface area contributed by atoms with Crippen molar-refractivity contribution >= 4 is 15.9 Å². The smallest absolute Gasteiger partial charge is 0.104 e. The van der Waals surface area contributed by atoms with Gasteiger partial charge in [0.25, 0.3) is 0 Å². The monoisotopic (exact) mass is 300 g/mol. The summed E-state index contributed by atoms with van der Waals surface area (Å²) in [5.74, 6) is 1.27. The Morgan fingerprint density at radius 2 is 2.24 bits per heavy atom. The lowest BCUT2D eigenvalue weighted by Crippen LogP contribution is -2.26. The Labute approximate surface area is 112 Å². The third kappa shape index (κ3) is 3.01. The predicted octanol–water partition coefficient (Wildman–Crippen LogP) is 5.19.